The summed E-state index contributed by atoms with van der Waals surface area (Å²) in [7, 11) is 0. The van der Waals surface area contributed by atoms with E-state index in [0.29, 0.717) is 29.1 Å². The molecule has 1 heterocycles. The first-order valence-electron chi connectivity index (χ1n) is 7.69. The summed E-state index contributed by atoms with van der Waals surface area (Å²) >= 11 is 0. The van der Waals surface area contributed by atoms with Gasteiger partial charge in [0.05, 0.1) is 12.2 Å². The third-order valence-electron chi connectivity index (χ3n) is 3.79. The molecule has 0 fully saturated rings. The summed E-state index contributed by atoms with van der Waals surface area (Å²) in [6.45, 7) is 1.76. The van der Waals surface area contributed by atoms with Gasteiger partial charge in [-0.25, -0.2) is 4.39 Å². The summed E-state index contributed by atoms with van der Waals surface area (Å²) in [5.41, 5.74) is 1.50. The lowest BCUT2D eigenvalue weighted by molar-refractivity contribution is -0.121. The Kier molecular flexibility index (Phi) is 4.46. The van der Waals surface area contributed by atoms with Crippen LogP contribution >= 0.6 is 0 Å². The van der Waals surface area contributed by atoms with E-state index in [0.717, 1.165) is 0 Å². The summed E-state index contributed by atoms with van der Waals surface area (Å²) in [6.07, 6.45) is 0.353. The minimum Gasteiger partial charge on any atom is -0.482 e. The number of ether oxygens (including phenoxy) is 1. The van der Waals surface area contributed by atoms with Crippen LogP contribution in [0.1, 0.15) is 18.9 Å². The van der Waals surface area contributed by atoms with Gasteiger partial charge in [0, 0.05) is 17.7 Å². The fourth-order valence-corrected chi connectivity index (χ4v) is 2.50. The molecule has 0 radical (unpaired) electrons. The highest BCUT2D eigenvalue weighted by atomic mass is 19.1. The standard InChI is InChI=1S/C18H17FN2O3/c1-2-17(22)20-13-7-8-16-15(9-13)21(18(23)11-24-16)10-12-5-3-4-6-14(12)19/h3-9H,2,10-11H2,1H3,(H,20,22). The molecule has 3 rings (SSSR count). The maximum absolute atomic E-state index is 13.9. The molecule has 0 spiro atoms. The minimum absolute atomic E-state index is 0.0951. The second kappa shape index (κ2) is 6.70. The van der Waals surface area contributed by atoms with Crippen molar-refractivity contribution >= 4 is 23.2 Å². The molecule has 0 aromatic heterocycles. The third kappa shape index (κ3) is 3.22. The molecule has 0 saturated heterocycles. The van der Waals surface area contributed by atoms with Gasteiger partial charge in [-0.1, -0.05) is 25.1 Å². The summed E-state index contributed by atoms with van der Waals surface area (Å²) in [4.78, 5) is 25.3. The molecule has 0 saturated carbocycles. The van der Waals surface area contributed by atoms with Gasteiger partial charge in [0.1, 0.15) is 11.6 Å². The Hall–Kier alpha value is -2.89. The molecule has 1 aliphatic rings. The largest absolute Gasteiger partial charge is 0.482 e. The molecular formula is C18H17FN2O3. The number of carbonyl (C=O) groups is 2. The second-order valence-corrected chi connectivity index (χ2v) is 5.44. The van der Waals surface area contributed by atoms with Crippen LogP contribution in [0.2, 0.25) is 0 Å². The van der Waals surface area contributed by atoms with E-state index in [2.05, 4.69) is 5.32 Å². The van der Waals surface area contributed by atoms with E-state index in [1.54, 1.807) is 43.3 Å². The van der Waals surface area contributed by atoms with Crippen molar-refractivity contribution < 1.29 is 18.7 Å². The van der Waals surface area contributed by atoms with Crippen molar-refractivity contribution in [2.75, 3.05) is 16.8 Å². The van der Waals surface area contributed by atoms with E-state index in [1.165, 1.54) is 11.0 Å². The van der Waals surface area contributed by atoms with Crippen LogP contribution in [-0.4, -0.2) is 18.4 Å². The summed E-state index contributed by atoms with van der Waals surface area (Å²) in [5, 5.41) is 2.75. The molecule has 0 atom stereocenters. The van der Waals surface area contributed by atoms with Crippen molar-refractivity contribution in [2.24, 2.45) is 0 Å². The van der Waals surface area contributed by atoms with E-state index in [9.17, 15) is 14.0 Å². The van der Waals surface area contributed by atoms with E-state index in [1.807, 2.05) is 0 Å². The van der Waals surface area contributed by atoms with Gasteiger partial charge in [-0.2, -0.15) is 0 Å². The molecule has 2 amide bonds. The molecule has 124 valence electrons. The Morgan fingerprint density at radius 3 is 2.83 bits per heavy atom. The van der Waals surface area contributed by atoms with Crippen LogP contribution in [0.3, 0.4) is 0 Å². The van der Waals surface area contributed by atoms with Gasteiger partial charge in [-0.05, 0) is 24.3 Å². The fraction of sp³-hybridized carbons (Fsp3) is 0.222. The van der Waals surface area contributed by atoms with Crippen molar-refractivity contribution in [1.82, 2.24) is 0 Å². The van der Waals surface area contributed by atoms with Crippen molar-refractivity contribution in [1.29, 1.82) is 0 Å². The number of hydrogen-bond donors (Lipinski definition) is 1. The molecular weight excluding hydrogens is 311 g/mol. The highest BCUT2D eigenvalue weighted by Gasteiger charge is 2.26. The van der Waals surface area contributed by atoms with Gasteiger partial charge < -0.3 is 15.0 Å². The number of fused-ring (bicyclic) bond motifs is 1. The normalized spacial score (nSPS) is 13.2. The summed E-state index contributed by atoms with van der Waals surface area (Å²) in [5.74, 6) is -0.224. The summed E-state index contributed by atoms with van der Waals surface area (Å²) < 4.78 is 19.3. The monoisotopic (exact) mass is 328 g/mol. The molecule has 0 unspecified atom stereocenters. The first-order chi connectivity index (χ1) is 11.6. The first-order valence-corrected chi connectivity index (χ1v) is 7.69. The van der Waals surface area contributed by atoms with Gasteiger partial charge in [0.2, 0.25) is 5.91 Å². The van der Waals surface area contributed by atoms with E-state index < -0.39 is 0 Å². The lowest BCUT2D eigenvalue weighted by Crippen LogP contribution is -2.38. The van der Waals surface area contributed by atoms with Crippen molar-refractivity contribution in [3.63, 3.8) is 0 Å². The van der Waals surface area contributed by atoms with E-state index >= 15 is 0 Å². The van der Waals surface area contributed by atoms with E-state index in [-0.39, 0.29) is 30.8 Å². The lowest BCUT2D eigenvalue weighted by Gasteiger charge is -2.30. The zero-order valence-corrected chi connectivity index (χ0v) is 13.2. The minimum atomic E-state index is -0.367. The Morgan fingerprint density at radius 1 is 1.29 bits per heavy atom. The van der Waals surface area contributed by atoms with Crippen LogP contribution in [-0.2, 0) is 16.1 Å². The van der Waals surface area contributed by atoms with Crippen molar-refractivity contribution in [3.05, 3.63) is 53.8 Å². The number of nitrogens with zero attached hydrogens (tertiary/aromatic N) is 1. The van der Waals surface area contributed by atoms with Crippen molar-refractivity contribution in [2.45, 2.75) is 19.9 Å². The summed E-state index contributed by atoms with van der Waals surface area (Å²) in [6, 6.07) is 11.4. The number of benzene rings is 2. The van der Waals surface area contributed by atoms with Crippen LogP contribution in [0.15, 0.2) is 42.5 Å². The maximum Gasteiger partial charge on any atom is 0.265 e. The Balaban J connectivity index is 1.93. The molecule has 24 heavy (non-hydrogen) atoms. The quantitative estimate of drug-likeness (QED) is 0.938. The lowest BCUT2D eigenvalue weighted by atomic mass is 10.1. The van der Waals surface area contributed by atoms with Crippen molar-refractivity contribution in [3.8, 4) is 5.75 Å². The molecule has 2 aromatic carbocycles. The van der Waals surface area contributed by atoms with Crippen LogP contribution in [0, 0.1) is 5.82 Å². The highest BCUT2D eigenvalue weighted by molar-refractivity contribution is 5.99. The number of amides is 2. The van der Waals surface area contributed by atoms with E-state index in [4.69, 9.17) is 4.74 Å². The third-order valence-corrected chi connectivity index (χ3v) is 3.79. The number of halogens is 1. The Labute approximate surface area is 139 Å². The predicted molar refractivity (Wildman–Crippen MR) is 88.4 cm³/mol. The molecule has 0 bridgehead atoms. The zero-order valence-electron chi connectivity index (χ0n) is 13.2. The molecule has 5 nitrogen and oxygen atoms in total. The zero-order chi connectivity index (χ0) is 17.1. The van der Waals surface area contributed by atoms with Gasteiger partial charge in [-0.3, -0.25) is 9.59 Å². The number of carbonyl (C=O) groups excluding carboxylic acids is 2. The highest BCUT2D eigenvalue weighted by Crippen LogP contribution is 2.35. The van der Waals surface area contributed by atoms with Crippen LogP contribution in [0.4, 0.5) is 15.8 Å². The van der Waals surface area contributed by atoms with Crippen LogP contribution in [0.5, 0.6) is 5.75 Å². The van der Waals surface area contributed by atoms with Crippen LogP contribution in [0.25, 0.3) is 0 Å². The van der Waals surface area contributed by atoms with Gasteiger partial charge in [0.25, 0.3) is 5.91 Å². The number of hydrogen-bond acceptors (Lipinski definition) is 3. The Bertz CT molecular complexity index is 792. The second-order valence-electron chi connectivity index (χ2n) is 5.44. The molecule has 2 aromatic rings. The maximum atomic E-state index is 13.9. The first kappa shape index (κ1) is 16.0. The topological polar surface area (TPSA) is 58.6 Å². The number of rotatable bonds is 4. The molecule has 0 aliphatic carbocycles. The average molecular weight is 328 g/mol. The van der Waals surface area contributed by atoms with Gasteiger partial charge in [-0.15, -0.1) is 0 Å². The predicted octanol–water partition coefficient (Wildman–Crippen LogP) is 3.10. The number of anilines is 2. The average Bonchev–Trinajstić information content (AvgIpc) is 2.59. The smallest absolute Gasteiger partial charge is 0.265 e. The molecule has 1 N–H and O–H groups in total. The fourth-order valence-electron chi connectivity index (χ4n) is 2.50. The van der Waals surface area contributed by atoms with Crippen LogP contribution < -0.4 is 15.0 Å². The van der Waals surface area contributed by atoms with Gasteiger partial charge in [0.15, 0.2) is 6.61 Å². The molecule has 1 aliphatic heterocycles. The number of nitrogens with one attached hydrogen (secondary N) is 1. The SMILES string of the molecule is CCC(=O)Nc1ccc2c(c1)N(Cc1ccccc1F)C(=O)CO2. The Morgan fingerprint density at radius 2 is 2.08 bits per heavy atom. The van der Waals surface area contributed by atoms with Gasteiger partial charge >= 0.3 is 0 Å². The molecule has 6 heteroatoms.